The molecule has 1 aliphatic rings. The van der Waals surface area contributed by atoms with Gasteiger partial charge in [0.15, 0.2) is 5.11 Å². The van der Waals surface area contributed by atoms with Gasteiger partial charge < -0.3 is 10.2 Å². The summed E-state index contributed by atoms with van der Waals surface area (Å²) in [6.07, 6.45) is 6.94. The van der Waals surface area contributed by atoms with Gasteiger partial charge in [0, 0.05) is 19.1 Å². The highest BCUT2D eigenvalue weighted by Crippen LogP contribution is 2.19. The standard InChI is InChI=1S/C11H20N2S/c1-3-8-12-11(14)13-9-6-5-7-10(13)4-2/h3,10H,1,4-9H2,2H3,(H,12,14)/t10-/m0/s1. The monoisotopic (exact) mass is 212 g/mol. The second-order valence-electron chi connectivity index (χ2n) is 3.73. The maximum Gasteiger partial charge on any atom is 0.169 e. The molecule has 0 aromatic rings. The first-order valence-corrected chi connectivity index (χ1v) is 5.85. The first-order valence-electron chi connectivity index (χ1n) is 5.45. The highest BCUT2D eigenvalue weighted by atomic mass is 32.1. The summed E-state index contributed by atoms with van der Waals surface area (Å²) < 4.78 is 0. The van der Waals surface area contributed by atoms with Gasteiger partial charge in [-0.05, 0) is 37.9 Å². The van der Waals surface area contributed by atoms with Crippen LogP contribution in [-0.2, 0) is 0 Å². The molecule has 1 saturated heterocycles. The first kappa shape index (κ1) is 11.5. The quantitative estimate of drug-likeness (QED) is 0.571. The zero-order valence-electron chi connectivity index (χ0n) is 8.96. The van der Waals surface area contributed by atoms with Crippen molar-refractivity contribution in [2.75, 3.05) is 13.1 Å². The van der Waals surface area contributed by atoms with E-state index >= 15 is 0 Å². The molecule has 0 spiro atoms. The highest BCUT2D eigenvalue weighted by Gasteiger charge is 2.22. The number of hydrogen-bond donors (Lipinski definition) is 1. The van der Waals surface area contributed by atoms with E-state index in [1.54, 1.807) is 0 Å². The summed E-state index contributed by atoms with van der Waals surface area (Å²) in [6, 6.07) is 0.647. The summed E-state index contributed by atoms with van der Waals surface area (Å²) in [5, 5.41) is 4.11. The molecule has 0 unspecified atom stereocenters. The number of likely N-dealkylation sites (tertiary alicyclic amines) is 1. The molecule has 1 atom stereocenters. The van der Waals surface area contributed by atoms with E-state index in [9.17, 15) is 0 Å². The van der Waals surface area contributed by atoms with Gasteiger partial charge in [-0.1, -0.05) is 13.0 Å². The molecule has 0 bridgehead atoms. The minimum absolute atomic E-state index is 0.647. The third-order valence-electron chi connectivity index (χ3n) is 2.76. The predicted octanol–water partition coefficient (Wildman–Crippen LogP) is 2.31. The summed E-state index contributed by atoms with van der Waals surface area (Å²) in [4.78, 5) is 2.34. The van der Waals surface area contributed by atoms with Gasteiger partial charge in [0.2, 0.25) is 0 Å². The number of rotatable bonds is 3. The topological polar surface area (TPSA) is 15.3 Å². The molecular weight excluding hydrogens is 192 g/mol. The van der Waals surface area contributed by atoms with E-state index in [1.807, 2.05) is 6.08 Å². The lowest BCUT2D eigenvalue weighted by Crippen LogP contribution is -2.48. The smallest absolute Gasteiger partial charge is 0.169 e. The Balaban J connectivity index is 2.45. The van der Waals surface area contributed by atoms with Crippen molar-refractivity contribution in [2.45, 2.75) is 38.6 Å². The summed E-state index contributed by atoms with van der Waals surface area (Å²) in [7, 11) is 0. The van der Waals surface area contributed by atoms with Gasteiger partial charge >= 0.3 is 0 Å². The molecule has 1 N–H and O–H groups in total. The fraction of sp³-hybridized carbons (Fsp3) is 0.727. The number of piperidine rings is 1. The van der Waals surface area contributed by atoms with Crippen LogP contribution in [-0.4, -0.2) is 29.1 Å². The third kappa shape index (κ3) is 2.98. The molecule has 2 nitrogen and oxygen atoms in total. The van der Waals surface area contributed by atoms with Gasteiger partial charge in [-0.2, -0.15) is 0 Å². The van der Waals surface area contributed by atoms with Crippen molar-refractivity contribution in [3.63, 3.8) is 0 Å². The Hall–Kier alpha value is -0.570. The van der Waals surface area contributed by atoms with E-state index in [0.717, 1.165) is 18.2 Å². The fourth-order valence-electron chi connectivity index (χ4n) is 1.95. The average Bonchev–Trinajstić information content (AvgIpc) is 2.25. The number of nitrogens with zero attached hydrogens (tertiary/aromatic N) is 1. The molecule has 0 saturated carbocycles. The molecular formula is C11H20N2S. The molecule has 0 aliphatic carbocycles. The van der Waals surface area contributed by atoms with Crippen molar-refractivity contribution in [2.24, 2.45) is 0 Å². The van der Waals surface area contributed by atoms with Crippen molar-refractivity contribution in [1.82, 2.24) is 10.2 Å². The van der Waals surface area contributed by atoms with Crippen molar-refractivity contribution in [3.05, 3.63) is 12.7 Å². The molecule has 0 amide bonds. The number of nitrogens with one attached hydrogen (secondary N) is 1. The van der Waals surface area contributed by atoms with Gasteiger partial charge in [0.1, 0.15) is 0 Å². The zero-order chi connectivity index (χ0) is 10.4. The minimum Gasteiger partial charge on any atom is -0.359 e. The Morgan fingerprint density at radius 1 is 1.64 bits per heavy atom. The van der Waals surface area contributed by atoms with E-state index in [2.05, 4.69) is 23.7 Å². The van der Waals surface area contributed by atoms with Crippen LogP contribution in [0.25, 0.3) is 0 Å². The molecule has 14 heavy (non-hydrogen) atoms. The van der Waals surface area contributed by atoms with Crippen LogP contribution in [0.15, 0.2) is 12.7 Å². The van der Waals surface area contributed by atoms with Gasteiger partial charge in [-0.3, -0.25) is 0 Å². The number of hydrogen-bond acceptors (Lipinski definition) is 1. The lowest BCUT2D eigenvalue weighted by molar-refractivity contribution is 0.234. The van der Waals surface area contributed by atoms with Gasteiger partial charge in [-0.25, -0.2) is 0 Å². The van der Waals surface area contributed by atoms with Crippen LogP contribution in [0.3, 0.4) is 0 Å². The van der Waals surface area contributed by atoms with E-state index in [0.29, 0.717) is 6.04 Å². The maximum absolute atomic E-state index is 5.35. The van der Waals surface area contributed by atoms with Crippen molar-refractivity contribution in [1.29, 1.82) is 0 Å². The third-order valence-corrected chi connectivity index (χ3v) is 3.14. The van der Waals surface area contributed by atoms with Crippen LogP contribution in [0.5, 0.6) is 0 Å². The van der Waals surface area contributed by atoms with Gasteiger partial charge in [0.05, 0.1) is 0 Å². The maximum atomic E-state index is 5.35. The summed E-state index contributed by atoms with van der Waals surface area (Å²) in [5.41, 5.74) is 0. The molecule has 3 heteroatoms. The normalized spacial score (nSPS) is 21.8. The van der Waals surface area contributed by atoms with Crippen LogP contribution < -0.4 is 5.32 Å². The first-order chi connectivity index (χ1) is 6.79. The SMILES string of the molecule is C=CCNC(=S)N1CCCC[C@@H]1CC. The van der Waals surface area contributed by atoms with Crippen LogP contribution >= 0.6 is 12.2 Å². The molecule has 80 valence electrons. The zero-order valence-corrected chi connectivity index (χ0v) is 9.78. The molecule has 1 heterocycles. The Kier molecular flexibility index (Phi) is 4.94. The molecule has 1 rings (SSSR count). The molecule has 1 fully saturated rings. The fourth-order valence-corrected chi connectivity index (χ4v) is 2.28. The summed E-state index contributed by atoms with van der Waals surface area (Å²) in [5.74, 6) is 0. The highest BCUT2D eigenvalue weighted by molar-refractivity contribution is 7.80. The van der Waals surface area contributed by atoms with Crippen molar-refractivity contribution >= 4 is 17.3 Å². The number of thiocarbonyl (C=S) groups is 1. The Labute approximate surface area is 92.4 Å². The lowest BCUT2D eigenvalue weighted by atomic mass is 10.0. The molecule has 1 aliphatic heterocycles. The van der Waals surface area contributed by atoms with Crippen LogP contribution in [0.1, 0.15) is 32.6 Å². The molecule has 0 aromatic carbocycles. The van der Waals surface area contributed by atoms with Crippen molar-refractivity contribution < 1.29 is 0 Å². The van der Waals surface area contributed by atoms with Crippen LogP contribution in [0.2, 0.25) is 0 Å². The van der Waals surface area contributed by atoms with Gasteiger partial charge in [0.25, 0.3) is 0 Å². The molecule has 0 radical (unpaired) electrons. The Bertz CT molecular complexity index is 203. The Morgan fingerprint density at radius 2 is 2.43 bits per heavy atom. The van der Waals surface area contributed by atoms with E-state index < -0.39 is 0 Å². The van der Waals surface area contributed by atoms with E-state index in [4.69, 9.17) is 12.2 Å². The van der Waals surface area contributed by atoms with Crippen LogP contribution in [0, 0.1) is 0 Å². The Morgan fingerprint density at radius 3 is 3.07 bits per heavy atom. The van der Waals surface area contributed by atoms with Crippen LogP contribution in [0.4, 0.5) is 0 Å². The van der Waals surface area contributed by atoms with Gasteiger partial charge in [-0.15, -0.1) is 6.58 Å². The second-order valence-corrected chi connectivity index (χ2v) is 4.11. The summed E-state index contributed by atoms with van der Waals surface area (Å²) in [6.45, 7) is 7.79. The van der Waals surface area contributed by atoms with E-state index in [-0.39, 0.29) is 0 Å². The summed E-state index contributed by atoms with van der Waals surface area (Å²) >= 11 is 5.35. The second kappa shape index (κ2) is 6.02. The van der Waals surface area contributed by atoms with E-state index in [1.165, 1.54) is 25.7 Å². The molecule has 0 aromatic heterocycles. The largest absolute Gasteiger partial charge is 0.359 e. The van der Waals surface area contributed by atoms with Crippen molar-refractivity contribution in [3.8, 4) is 0 Å². The minimum atomic E-state index is 0.647. The lowest BCUT2D eigenvalue weighted by Gasteiger charge is -2.37. The average molecular weight is 212 g/mol. The predicted molar refractivity (Wildman–Crippen MR) is 65.4 cm³/mol.